The number of sulfonamides is 1. The van der Waals surface area contributed by atoms with Crippen molar-refractivity contribution in [2.45, 2.75) is 32.1 Å². The predicted molar refractivity (Wildman–Crippen MR) is 81.7 cm³/mol. The lowest BCUT2D eigenvalue weighted by atomic mass is 10.5. The quantitative estimate of drug-likeness (QED) is 0.656. The second-order valence-electron chi connectivity index (χ2n) is 4.36. The Bertz CT molecular complexity index is 505. The Morgan fingerprint density at radius 2 is 1.90 bits per heavy atom. The summed E-state index contributed by atoms with van der Waals surface area (Å²) >= 11 is 0. The van der Waals surface area contributed by atoms with Crippen LogP contribution < -0.4 is 5.32 Å². The Hall–Kier alpha value is -1.25. The minimum absolute atomic E-state index is 0.0999. The SMILES string of the molecule is CCCNc1ncc(S(=O)(=O)N(CC)CCOCC)cn1. The molecular weight excluding hydrogens is 292 g/mol. The molecule has 0 spiro atoms. The molecule has 8 heteroatoms. The van der Waals surface area contributed by atoms with E-state index in [-0.39, 0.29) is 4.90 Å². The number of hydrogen-bond donors (Lipinski definition) is 1. The molecule has 1 aromatic rings. The van der Waals surface area contributed by atoms with Crippen LogP contribution in [-0.2, 0) is 14.8 Å². The molecule has 1 heterocycles. The fraction of sp³-hybridized carbons (Fsp3) is 0.692. The molecule has 0 bridgehead atoms. The zero-order valence-corrected chi connectivity index (χ0v) is 13.7. The molecule has 0 saturated heterocycles. The third-order valence-electron chi connectivity index (χ3n) is 2.84. The molecule has 0 aliphatic carbocycles. The van der Waals surface area contributed by atoms with Gasteiger partial charge in [-0.3, -0.25) is 0 Å². The first-order valence-electron chi connectivity index (χ1n) is 7.20. The van der Waals surface area contributed by atoms with Crippen LogP contribution in [0.4, 0.5) is 5.95 Å². The second kappa shape index (κ2) is 8.91. The van der Waals surface area contributed by atoms with E-state index in [9.17, 15) is 8.42 Å². The Morgan fingerprint density at radius 3 is 2.43 bits per heavy atom. The number of anilines is 1. The van der Waals surface area contributed by atoms with Gasteiger partial charge in [0.2, 0.25) is 16.0 Å². The fourth-order valence-corrected chi connectivity index (χ4v) is 3.01. The molecule has 1 N–H and O–H groups in total. The molecule has 0 atom stereocenters. The molecule has 0 saturated carbocycles. The normalized spacial score (nSPS) is 11.8. The van der Waals surface area contributed by atoms with Gasteiger partial charge in [0.05, 0.1) is 19.0 Å². The number of hydrogen-bond acceptors (Lipinski definition) is 6. The van der Waals surface area contributed by atoms with Crippen LogP contribution in [0.3, 0.4) is 0 Å². The van der Waals surface area contributed by atoms with E-state index in [2.05, 4.69) is 15.3 Å². The number of nitrogens with one attached hydrogen (secondary N) is 1. The molecule has 1 aromatic heterocycles. The zero-order valence-electron chi connectivity index (χ0n) is 12.9. The molecule has 0 radical (unpaired) electrons. The van der Waals surface area contributed by atoms with E-state index in [0.717, 1.165) is 13.0 Å². The maximum atomic E-state index is 12.5. The topological polar surface area (TPSA) is 84.4 Å². The van der Waals surface area contributed by atoms with E-state index >= 15 is 0 Å². The Balaban J connectivity index is 2.79. The van der Waals surface area contributed by atoms with Crippen LogP contribution in [0.5, 0.6) is 0 Å². The van der Waals surface area contributed by atoms with Crippen LogP contribution in [0, 0.1) is 0 Å². The van der Waals surface area contributed by atoms with Gasteiger partial charge in [0.1, 0.15) is 4.90 Å². The smallest absolute Gasteiger partial charge is 0.246 e. The number of ether oxygens (including phenoxy) is 1. The molecule has 120 valence electrons. The standard InChI is InChI=1S/C13H24N4O3S/c1-4-7-14-13-15-10-12(11-16-13)21(18,19)17(5-2)8-9-20-6-3/h10-11H,4-9H2,1-3H3,(H,14,15,16). The highest BCUT2D eigenvalue weighted by Crippen LogP contribution is 2.14. The van der Waals surface area contributed by atoms with Crippen molar-refractivity contribution >= 4 is 16.0 Å². The van der Waals surface area contributed by atoms with Gasteiger partial charge in [0, 0.05) is 26.2 Å². The van der Waals surface area contributed by atoms with Crippen molar-refractivity contribution in [3.05, 3.63) is 12.4 Å². The van der Waals surface area contributed by atoms with Gasteiger partial charge in [-0.1, -0.05) is 13.8 Å². The maximum absolute atomic E-state index is 12.5. The molecule has 0 unspecified atom stereocenters. The predicted octanol–water partition coefficient (Wildman–Crippen LogP) is 1.35. The van der Waals surface area contributed by atoms with Crippen LogP contribution in [0.15, 0.2) is 17.3 Å². The monoisotopic (exact) mass is 316 g/mol. The van der Waals surface area contributed by atoms with Crippen molar-refractivity contribution in [1.29, 1.82) is 0 Å². The highest BCUT2D eigenvalue weighted by Gasteiger charge is 2.23. The second-order valence-corrected chi connectivity index (χ2v) is 6.30. The summed E-state index contributed by atoms with van der Waals surface area (Å²) < 4.78 is 31.5. The number of nitrogens with zero attached hydrogens (tertiary/aromatic N) is 3. The summed E-state index contributed by atoms with van der Waals surface area (Å²) in [5.74, 6) is 0.438. The van der Waals surface area contributed by atoms with Crippen LogP contribution in [0.2, 0.25) is 0 Å². The number of aromatic nitrogens is 2. The molecule has 0 aliphatic rings. The third-order valence-corrected chi connectivity index (χ3v) is 4.77. The number of likely N-dealkylation sites (N-methyl/N-ethyl adjacent to an activating group) is 1. The third kappa shape index (κ3) is 5.22. The molecule has 7 nitrogen and oxygen atoms in total. The Kier molecular flexibility index (Phi) is 7.55. The van der Waals surface area contributed by atoms with Crippen molar-refractivity contribution in [3.63, 3.8) is 0 Å². The van der Waals surface area contributed by atoms with E-state index < -0.39 is 10.0 Å². The summed E-state index contributed by atoms with van der Waals surface area (Å²) in [6, 6.07) is 0. The largest absolute Gasteiger partial charge is 0.380 e. The molecule has 0 aliphatic heterocycles. The first kappa shape index (κ1) is 17.8. The minimum Gasteiger partial charge on any atom is -0.380 e. The zero-order chi connectivity index (χ0) is 15.7. The molecule has 21 heavy (non-hydrogen) atoms. The average molecular weight is 316 g/mol. The van der Waals surface area contributed by atoms with Crippen molar-refractivity contribution in [1.82, 2.24) is 14.3 Å². The first-order chi connectivity index (χ1) is 10.1. The minimum atomic E-state index is -3.57. The lowest BCUT2D eigenvalue weighted by molar-refractivity contribution is 0.135. The Morgan fingerprint density at radius 1 is 1.24 bits per heavy atom. The van der Waals surface area contributed by atoms with E-state index in [4.69, 9.17) is 4.74 Å². The first-order valence-corrected chi connectivity index (χ1v) is 8.64. The van der Waals surface area contributed by atoms with E-state index in [1.54, 1.807) is 6.92 Å². The van der Waals surface area contributed by atoms with Gasteiger partial charge in [-0.2, -0.15) is 4.31 Å². The molecular formula is C13H24N4O3S. The van der Waals surface area contributed by atoms with Crippen molar-refractivity contribution in [2.24, 2.45) is 0 Å². The lowest BCUT2D eigenvalue weighted by Gasteiger charge is -2.20. The molecule has 0 amide bonds. The van der Waals surface area contributed by atoms with E-state index in [0.29, 0.717) is 32.3 Å². The molecule has 1 rings (SSSR count). The summed E-state index contributed by atoms with van der Waals surface area (Å²) in [7, 11) is -3.57. The summed E-state index contributed by atoms with van der Waals surface area (Å²) in [6.07, 6.45) is 3.62. The van der Waals surface area contributed by atoms with Gasteiger partial charge in [-0.25, -0.2) is 18.4 Å². The lowest BCUT2D eigenvalue weighted by Crippen LogP contribution is -2.34. The van der Waals surface area contributed by atoms with Crippen LogP contribution in [-0.4, -0.2) is 55.5 Å². The van der Waals surface area contributed by atoms with E-state index in [1.807, 2.05) is 13.8 Å². The van der Waals surface area contributed by atoms with Gasteiger partial charge in [0.15, 0.2) is 0 Å². The van der Waals surface area contributed by atoms with Gasteiger partial charge in [0.25, 0.3) is 0 Å². The van der Waals surface area contributed by atoms with Gasteiger partial charge < -0.3 is 10.1 Å². The molecule has 0 fully saturated rings. The van der Waals surface area contributed by atoms with Crippen molar-refractivity contribution in [2.75, 3.05) is 38.2 Å². The summed E-state index contributed by atoms with van der Waals surface area (Å²) in [5.41, 5.74) is 0. The maximum Gasteiger partial charge on any atom is 0.246 e. The summed E-state index contributed by atoms with van der Waals surface area (Å²) in [4.78, 5) is 8.17. The summed E-state index contributed by atoms with van der Waals surface area (Å²) in [6.45, 7) is 8.10. The highest BCUT2D eigenvalue weighted by molar-refractivity contribution is 7.89. The van der Waals surface area contributed by atoms with Crippen molar-refractivity contribution in [3.8, 4) is 0 Å². The fourth-order valence-electron chi connectivity index (χ4n) is 1.69. The highest BCUT2D eigenvalue weighted by atomic mass is 32.2. The van der Waals surface area contributed by atoms with Gasteiger partial charge >= 0.3 is 0 Å². The average Bonchev–Trinajstić information content (AvgIpc) is 2.49. The van der Waals surface area contributed by atoms with Gasteiger partial charge in [-0.05, 0) is 13.3 Å². The van der Waals surface area contributed by atoms with Crippen LogP contribution >= 0.6 is 0 Å². The Labute approximate surface area is 126 Å². The molecule has 0 aromatic carbocycles. The number of rotatable bonds is 10. The van der Waals surface area contributed by atoms with E-state index in [1.165, 1.54) is 16.7 Å². The van der Waals surface area contributed by atoms with Gasteiger partial charge in [-0.15, -0.1) is 0 Å². The van der Waals surface area contributed by atoms with Crippen molar-refractivity contribution < 1.29 is 13.2 Å². The van der Waals surface area contributed by atoms with Crippen LogP contribution in [0.25, 0.3) is 0 Å². The summed E-state index contributed by atoms with van der Waals surface area (Å²) in [5, 5.41) is 3.01. The van der Waals surface area contributed by atoms with Crippen LogP contribution in [0.1, 0.15) is 27.2 Å².